The lowest BCUT2D eigenvalue weighted by atomic mass is 10.1. The quantitative estimate of drug-likeness (QED) is 0.364. The first kappa shape index (κ1) is 22.0. The molecule has 7 nitrogen and oxygen atoms in total. The van der Waals surface area contributed by atoms with Crippen molar-refractivity contribution >= 4 is 17.6 Å². The van der Waals surface area contributed by atoms with Crippen LogP contribution in [0.2, 0.25) is 0 Å². The molecule has 0 bridgehead atoms. The van der Waals surface area contributed by atoms with Gasteiger partial charge in [0.25, 0.3) is 5.69 Å². The van der Waals surface area contributed by atoms with Crippen LogP contribution < -0.4 is 14.9 Å². The summed E-state index contributed by atoms with van der Waals surface area (Å²) >= 11 is 0. The fourth-order valence-corrected chi connectivity index (χ4v) is 2.29. The number of hydrogen-bond acceptors (Lipinski definition) is 6. The molecule has 1 atom stereocenters. The highest BCUT2D eigenvalue weighted by atomic mass is 19.4. The third-order valence-corrected chi connectivity index (χ3v) is 4.01. The fourth-order valence-electron chi connectivity index (χ4n) is 2.29. The van der Waals surface area contributed by atoms with E-state index >= 15 is 0 Å². The zero-order valence-electron chi connectivity index (χ0n) is 16.0. The fraction of sp³-hybridized carbons (Fsp3) is 0.316. The van der Waals surface area contributed by atoms with Gasteiger partial charge >= 0.3 is 6.18 Å². The summed E-state index contributed by atoms with van der Waals surface area (Å²) in [6.07, 6.45) is -2.49. The first-order valence-electron chi connectivity index (χ1n) is 8.65. The van der Waals surface area contributed by atoms with Gasteiger partial charge in [0, 0.05) is 6.07 Å². The first-order chi connectivity index (χ1) is 13.7. The van der Waals surface area contributed by atoms with E-state index in [2.05, 4.69) is 10.5 Å². The van der Waals surface area contributed by atoms with Crippen molar-refractivity contribution in [1.82, 2.24) is 0 Å². The third-order valence-electron chi connectivity index (χ3n) is 4.01. The van der Waals surface area contributed by atoms with Gasteiger partial charge in [0.15, 0.2) is 11.5 Å². The average molecular weight is 411 g/mol. The van der Waals surface area contributed by atoms with Crippen LogP contribution in [0.3, 0.4) is 0 Å². The number of alkyl halides is 3. The smallest absolute Gasteiger partial charge is 0.416 e. The molecule has 2 rings (SSSR count). The second-order valence-electron chi connectivity index (χ2n) is 6.10. The standard InChI is InChI=1S/C19H20F3N3O4/c1-4-12(2)29-17-8-5-13(9-18(17)28-3)11-23-24-15-7-6-14(19(20,21)22)10-16(15)25(26)27/h5-12,24H,4H2,1-3H3/b23-11-/t12-/m0/s1. The molecule has 0 aliphatic heterocycles. The van der Waals surface area contributed by atoms with Crippen molar-refractivity contribution in [1.29, 1.82) is 0 Å². The molecule has 2 aromatic carbocycles. The number of nitro benzene ring substituents is 1. The van der Waals surface area contributed by atoms with Crippen LogP contribution in [0.15, 0.2) is 41.5 Å². The van der Waals surface area contributed by atoms with E-state index in [1.807, 2.05) is 13.8 Å². The second kappa shape index (κ2) is 9.26. The molecule has 0 saturated carbocycles. The maximum Gasteiger partial charge on any atom is 0.416 e. The Morgan fingerprint density at radius 2 is 1.97 bits per heavy atom. The molecule has 0 amide bonds. The highest BCUT2D eigenvalue weighted by Gasteiger charge is 2.33. The predicted octanol–water partition coefficient (Wildman–Crippen LogP) is 5.25. The Bertz CT molecular complexity index is 901. The van der Waals surface area contributed by atoms with E-state index < -0.39 is 22.4 Å². The number of anilines is 1. The number of hydrazone groups is 1. The van der Waals surface area contributed by atoms with Crippen LogP contribution in [-0.4, -0.2) is 24.4 Å². The van der Waals surface area contributed by atoms with Crippen molar-refractivity contribution in [2.24, 2.45) is 5.10 Å². The van der Waals surface area contributed by atoms with Crippen molar-refractivity contribution in [3.05, 3.63) is 57.6 Å². The van der Waals surface area contributed by atoms with E-state index in [1.54, 1.807) is 18.2 Å². The van der Waals surface area contributed by atoms with Gasteiger partial charge < -0.3 is 9.47 Å². The molecule has 156 valence electrons. The zero-order chi connectivity index (χ0) is 21.6. The Labute approximate surface area is 165 Å². The minimum absolute atomic E-state index is 0.00491. The van der Waals surface area contributed by atoms with Crippen molar-refractivity contribution < 1.29 is 27.6 Å². The molecule has 10 heteroatoms. The Hall–Kier alpha value is -3.30. The molecule has 0 aliphatic carbocycles. The molecule has 2 aromatic rings. The van der Waals surface area contributed by atoms with Gasteiger partial charge in [-0.3, -0.25) is 15.5 Å². The summed E-state index contributed by atoms with van der Waals surface area (Å²) in [5, 5.41) is 15.0. The number of nitrogens with zero attached hydrogens (tertiary/aromatic N) is 2. The maximum atomic E-state index is 12.7. The molecule has 0 unspecified atom stereocenters. The summed E-state index contributed by atoms with van der Waals surface area (Å²) in [5.41, 5.74) is 0.997. The number of benzene rings is 2. The number of rotatable bonds is 8. The highest BCUT2D eigenvalue weighted by molar-refractivity contribution is 5.82. The zero-order valence-corrected chi connectivity index (χ0v) is 16.0. The topological polar surface area (TPSA) is 86.0 Å². The summed E-state index contributed by atoms with van der Waals surface area (Å²) in [6, 6.07) is 7.22. The van der Waals surface area contributed by atoms with E-state index in [4.69, 9.17) is 9.47 Å². The lowest BCUT2D eigenvalue weighted by molar-refractivity contribution is -0.384. The van der Waals surface area contributed by atoms with Crippen LogP contribution in [0, 0.1) is 10.1 Å². The van der Waals surface area contributed by atoms with E-state index in [-0.39, 0.29) is 11.8 Å². The van der Waals surface area contributed by atoms with Gasteiger partial charge in [0.2, 0.25) is 0 Å². The number of ether oxygens (including phenoxy) is 2. The van der Waals surface area contributed by atoms with Gasteiger partial charge in [0.1, 0.15) is 5.69 Å². The van der Waals surface area contributed by atoms with Gasteiger partial charge in [-0.05, 0) is 49.2 Å². The number of hydrogen-bond donors (Lipinski definition) is 1. The first-order valence-corrected chi connectivity index (χ1v) is 8.65. The molecule has 0 radical (unpaired) electrons. The van der Waals surface area contributed by atoms with Gasteiger partial charge in [0.05, 0.1) is 29.9 Å². The molecule has 1 N–H and O–H groups in total. The monoisotopic (exact) mass is 411 g/mol. The summed E-state index contributed by atoms with van der Waals surface area (Å²) in [6.45, 7) is 3.92. The minimum atomic E-state index is -4.68. The summed E-state index contributed by atoms with van der Waals surface area (Å²) in [4.78, 5) is 10.2. The van der Waals surface area contributed by atoms with E-state index in [1.165, 1.54) is 13.3 Å². The van der Waals surface area contributed by atoms with Gasteiger partial charge in [-0.1, -0.05) is 6.92 Å². The molecule has 0 aliphatic rings. The molecule has 29 heavy (non-hydrogen) atoms. The van der Waals surface area contributed by atoms with Crippen molar-refractivity contribution in [3.63, 3.8) is 0 Å². The van der Waals surface area contributed by atoms with E-state index in [0.717, 1.165) is 18.6 Å². The average Bonchev–Trinajstić information content (AvgIpc) is 2.68. The number of halogens is 3. The SMILES string of the molecule is CC[C@H](C)Oc1ccc(/C=N\Nc2ccc(C(F)(F)F)cc2[N+](=O)[O-])cc1OC. The van der Waals surface area contributed by atoms with Crippen LogP contribution in [0.1, 0.15) is 31.4 Å². The Kier molecular flexibility index (Phi) is 7.03. The molecule has 0 saturated heterocycles. The molecular weight excluding hydrogens is 391 g/mol. The number of methoxy groups -OCH3 is 1. The van der Waals surface area contributed by atoms with Crippen LogP contribution in [0.5, 0.6) is 11.5 Å². The molecule has 0 fully saturated rings. The third kappa shape index (κ3) is 5.84. The lowest BCUT2D eigenvalue weighted by Gasteiger charge is -2.15. The van der Waals surface area contributed by atoms with E-state index in [0.29, 0.717) is 23.1 Å². The van der Waals surface area contributed by atoms with Crippen molar-refractivity contribution in [2.75, 3.05) is 12.5 Å². The van der Waals surface area contributed by atoms with Crippen LogP contribution in [-0.2, 0) is 6.18 Å². The predicted molar refractivity (Wildman–Crippen MR) is 103 cm³/mol. The van der Waals surface area contributed by atoms with Crippen molar-refractivity contribution in [3.8, 4) is 11.5 Å². The van der Waals surface area contributed by atoms with Gasteiger partial charge in [-0.2, -0.15) is 18.3 Å². The maximum absolute atomic E-state index is 12.7. The Morgan fingerprint density at radius 3 is 2.55 bits per heavy atom. The molecule has 0 aromatic heterocycles. The van der Waals surface area contributed by atoms with Gasteiger partial charge in [-0.15, -0.1) is 0 Å². The minimum Gasteiger partial charge on any atom is -0.493 e. The summed E-state index contributed by atoms with van der Waals surface area (Å²) in [5.74, 6) is 1.04. The van der Waals surface area contributed by atoms with Crippen LogP contribution in [0.4, 0.5) is 24.5 Å². The number of nitro groups is 1. The van der Waals surface area contributed by atoms with Crippen LogP contribution in [0.25, 0.3) is 0 Å². The summed E-state index contributed by atoms with van der Waals surface area (Å²) in [7, 11) is 1.49. The highest BCUT2D eigenvalue weighted by Crippen LogP contribution is 2.35. The lowest BCUT2D eigenvalue weighted by Crippen LogP contribution is -2.10. The largest absolute Gasteiger partial charge is 0.493 e. The normalized spacial score (nSPS) is 12.6. The molecule has 0 heterocycles. The number of nitrogens with one attached hydrogen (secondary N) is 1. The van der Waals surface area contributed by atoms with Gasteiger partial charge in [-0.25, -0.2) is 0 Å². The molecule has 0 spiro atoms. The Balaban J connectivity index is 2.20. The van der Waals surface area contributed by atoms with E-state index in [9.17, 15) is 23.3 Å². The van der Waals surface area contributed by atoms with Crippen LogP contribution >= 0.6 is 0 Å². The molecular formula is C19H20F3N3O4. The Morgan fingerprint density at radius 1 is 1.24 bits per heavy atom. The van der Waals surface area contributed by atoms with Crippen molar-refractivity contribution in [2.45, 2.75) is 32.5 Å². The second-order valence-corrected chi connectivity index (χ2v) is 6.10. The summed E-state index contributed by atoms with van der Waals surface area (Å²) < 4.78 is 49.3.